The van der Waals surface area contributed by atoms with Crippen LogP contribution in [0, 0.1) is 11.6 Å². The first kappa shape index (κ1) is 10.3. The first-order chi connectivity index (χ1) is 7.11. The van der Waals surface area contributed by atoms with Gasteiger partial charge in [0.05, 0.1) is 5.02 Å². The Balaban J connectivity index is 2.85. The Kier molecular flexibility index (Phi) is 2.57. The molecule has 0 N–H and O–H groups in total. The molecule has 0 spiro atoms. The summed E-state index contributed by atoms with van der Waals surface area (Å²) in [5, 5.41) is 0.640. The van der Waals surface area contributed by atoms with Crippen LogP contribution in [0.25, 0.3) is 10.9 Å². The van der Waals surface area contributed by atoms with Gasteiger partial charge in [-0.3, -0.25) is 0 Å². The van der Waals surface area contributed by atoms with Crippen LogP contribution in [0.3, 0.4) is 0 Å². The standard InChI is InChI=1S/C11H8ClF2N/c1-2-7-5-9(12)8-3-6(13)4-10(14)11(8)15-7/h3-5H,2H2,1H3. The van der Waals surface area contributed by atoms with Gasteiger partial charge >= 0.3 is 0 Å². The third-order valence-electron chi connectivity index (χ3n) is 2.20. The maximum Gasteiger partial charge on any atom is 0.152 e. The Bertz CT molecular complexity index is 525. The highest BCUT2D eigenvalue weighted by molar-refractivity contribution is 6.35. The van der Waals surface area contributed by atoms with Crippen molar-refractivity contribution in [2.24, 2.45) is 0 Å². The van der Waals surface area contributed by atoms with Gasteiger partial charge in [-0.15, -0.1) is 0 Å². The molecule has 0 amide bonds. The fraction of sp³-hybridized carbons (Fsp3) is 0.182. The van der Waals surface area contributed by atoms with Gasteiger partial charge in [-0.2, -0.15) is 0 Å². The lowest BCUT2D eigenvalue weighted by Gasteiger charge is -2.04. The van der Waals surface area contributed by atoms with Gasteiger partial charge in [-0.25, -0.2) is 13.8 Å². The molecule has 0 bridgehead atoms. The van der Waals surface area contributed by atoms with E-state index in [0.29, 0.717) is 22.5 Å². The zero-order chi connectivity index (χ0) is 11.0. The Morgan fingerprint density at radius 1 is 1.27 bits per heavy atom. The van der Waals surface area contributed by atoms with Crippen LogP contribution in [-0.4, -0.2) is 4.98 Å². The average Bonchev–Trinajstić information content (AvgIpc) is 2.19. The van der Waals surface area contributed by atoms with Crippen LogP contribution in [0.4, 0.5) is 8.78 Å². The van der Waals surface area contributed by atoms with Gasteiger partial charge in [0.25, 0.3) is 0 Å². The summed E-state index contributed by atoms with van der Waals surface area (Å²) in [6.07, 6.45) is 0.659. The number of rotatable bonds is 1. The lowest BCUT2D eigenvalue weighted by Crippen LogP contribution is -1.93. The van der Waals surface area contributed by atoms with Gasteiger partial charge in [-0.1, -0.05) is 18.5 Å². The molecule has 0 fully saturated rings. The molecule has 1 aromatic heterocycles. The number of hydrogen-bond acceptors (Lipinski definition) is 1. The first-order valence-corrected chi connectivity index (χ1v) is 4.93. The second kappa shape index (κ2) is 3.74. The van der Waals surface area contributed by atoms with Gasteiger partial charge in [0, 0.05) is 17.1 Å². The monoisotopic (exact) mass is 227 g/mol. The summed E-state index contributed by atoms with van der Waals surface area (Å²) in [7, 11) is 0. The Labute approximate surface area is 90.7 Å². The largest absolute Gasteiger partial charge is 0.250 e. The normalized spacial score (nSPS) is 10.9. The third kappa shape index (κ3) is 1.79. The molecule has 2 aromatic rings. The lowest BCUT2D eigenvalue weighted by atomic mass is 10.1. The van der Waals surface area contributed by atoms with Crippen LogP contribution in [0.15, 0.2) is 18.2 Å². The number of aromatic nitrogens is 1. The molecular formula is C11H8ClF2N. The summed E-state index contributed by atoms with van der Waals surface area (Å²) in [5.41, 5.74) is 0.818. The number of aryl methyl sites for hydroxylation is 1. The van der Waals surface area contributed by atoms with Gasteiger partial charge in [-0.05, 0) is 18.6 Å². The summed E-state index contributed by atoms with van der Waals surface area (Å²) in [5.74, 6) is -1.32. The van der Waals surface area contributed by atoms with Crippen molar-refractivity contribution >= 4 is 22.5 Å². The summed E-state index contributed by atoms with van der Waals surface area (Å²) in [6.45, 7) is 1.89. The molecule has 4 heteroatoms. The number of pyridine rings is 1. The van der Waals surface area contributed by atoms with E-state index < -0.39 is 11.6 Å². The van der Waals surface area contributed by atoms with E-state index in [1.807, 2.05) is 6.92 Å². The fourth-order valence-corrected chi connectivity index (χ4v) is 1.71. The number of nitrogens with zero attached hydrogens (tertiary/aromatic N) is 1. The fourth-order valence-electron chi connectivity index (χ4n) is 1.44. The van der Waals surface area contributed by atoms with Crippen molar-refractivity contribution < 1.29 is 8.78 Å². The number of fused-ring (bicyclic) bond motifs is 1. The van der Waals surface area contributed by atoms with Gasteiger partial charge in [0.1, 0.15) is 11.3 Å². The Hall–Kier alpha value is -1.22. The molecule has 1 aromatic carbocycles. The molecule has 0 radical (unpaired) electrons. The van der Waals surface area contributed by atoms with Crippen LogP contribution >= 0.6 is 11.6 Å². The average molecular weight is 228 g/mol. The van der Waals surface area contributed by atoms with Gasteiger partial charge in [0.2, 0.25) is 0 Å². The van der Waals surface area contributed by atoms with E-state index in [-0.39, 0.29) is 5.52 Å². The predicted molar refractivity (Wildman–Crippen MR) is 56.0 cm³/mol. The van der Waals surface area contributed by atoms with E-state index in [1.165, 1.54) is 6.07 Å². The summed E-state index contributed by atoms with van der Waals surface area (Å²) >= 11 is 5.91. The minimum atomic E-state index is -0.679. The van der Waals surface area contributed by atoms with Crippen LogP contribution < -0.4 is 0 Å². The van der Waals surface area contributed by atoms with Crippen molar-refractivity contribution in [3.05, 3.63) is 40.6 Å². The highest BCUT2D eigenvalue weighted by Crippen LogP contribution is 2.26. The number of hydrogen-bond donors (Lipinski definition) is 0. The highest BCUT2D eigenvalue weighted by Gasteiger charge is 2.09. The second-order valence-corrected chi connectivity index (χ2v) is 3.64. The van der Waals surface area contributed by atoms with Crippen LogP contribution in [0.2, 0.25) is 5.02 Å². The van der Waals surface area contributed by atoms with Crippen LogP contribution in [-0.2, 0) is 6.42 Å². The topological polar surface area (TPSA) is 12.9 Å². The van der Waals surface area contributed by atoms with Crippen molar-refractivity contribution in [3.63, 3.8) is 0 Å². The molecule has 0 aliphatic heterocycles. The quantitative estimate of drug-likeness (QED) is 0.724. The molecular weight excluding hydrogens is 220 g/mol. The smallest absolute Gasteiger partial charge is 0.152 e. The summed E-state index contributed by atoms with van der Waals surface area (Å²) in [6, 6.07) is 3.63. The van der Waals surface area contributed by atoms with Gasteiger partial charge in [0.15, 0.2) is 5.82 Å². The van der Waals surface area contributed by atoms with Crippen molar-refractivity contribution in [3.8, 4) is 0 Å². The maximum atomic E-state index is 13.4. The summed E-state index contributed by atoms with van der Waals surface area (Å²) < 4.78 is 26.3. The van der Waals surface area contributed by atoms with E-state index in [0.717, 1.165) is 6.07 Å². The molecule has 0 atom stereocenters. The number of benzene rings is 1. The third-order valence-corrected chi connectivity index (χ3v) is 2.51. The van der Waals surface area contributed by atoms with E-state index in [9.17, 15) is 8.78 Å². The van der Waals surface area contributed by atoms with E-state index >= 15 is 0 Å². The van der Waals surface area contributed by atoms with Crippen molar-refractivity contribution in [1.82, 2.24) is 4.98 Å². The molecule has 0 saturated carbocycles. The zero-order valence-corrected chi connectivity index (χ0v) is 8.78. The van der Waals surface area contributed by atoms with Crippen LogP contribution in [0.5, 0.6) is 0 Å². The lowest BCUT2D eigenvalue weighted by molar-refractivity contribution is 0.590. The van der Waals surface area contributed by atoms with Crippen molar-refractivity contribution in [2.75, 3.05) is 0 Å². The summed E-state index contributed by atoms with van der Waals surface area (Å²) in [4.78, 5) is 4.07. The Morgan fingerprint density at radius 2 is 2.00 bits per heavy atom. The van der Waals surface area contributed by atoms with Crippen LogP contribution in [0.1, 0.15) is 12.6 Å². The predicted octanol–water partition coefficient (Wildman–Crippen LogP) is 3.73. The van der Waals surface area contributed by atoms with Crippen molar-refractivity contribution in [2.45, 2.75) is 13.3 Å². The SMILES string of the molecule is CCc1cc(Cl)c2cc(F)cc(F)c2n1. The molecule has 1 nitrogen and oxygen atoms in total. The van der Waals surface area contributed by atoms with Gasteiger partial charge < -0.3 is 0 Å². The minimum absolute atomic E-state index is 0.126. The molecule has 78 valence electrons. The minimum Gasteiger partial charge on any atom is -0.250 e. The molecule has 1 heterocycles. The molecule has 0 aliphatic rings. The maximum absolute atomic E-state index is 13.4. The van der Waals surface area contributed by atoms with Crippen molar-refractivity contribution in [1.29, 1.82) is 0 Å². The first-order valence-electron chi connectivity index (χ1n) is 4.56. The molecule has 2 rings (SSSR count). The highest BCUT2D eigenvalue weighted by atomic mass is 35.5. The zero-order valence-electron chi connectivity index (χ0n) is 8.02. The van der Waals surface area contributed by atoms with E-state index in [1.54, 1.807) is 6.07 Å². The second-order valence-electron chi connectivity index (χ2n) is 3.23. The Morgan fingerprint density at radius 3 is 2.67 bits per heavy atom. The molecule has 0 saturated heterocycles. The van der Waals surface area contributed by atoms with E-state index in [4.69, 9.17) is 11.6 Å². The number of halogens is 3. The molecule has 0 unspecified atom stereocenters. The molecule has 15 heavy (non-hydrogen) atoms. The molecule has 0 aliphatic carbocycles. The van der Waals surface area contributed by atoms with E-state index in [2.05, 4.69) is 4.98 Å².